The molecule has 2 rings (SSSR count). The Bertz CT molecular complexity index is 538. The Morgan fingerprint density at radius 1 is 1.18 bits per heavy atom. The molecule has 0 bridgehead atoms. The Balaban J connectivity index is 2.45. The predicted octanol–water partition coefficient (Wildman–Crippen LogP) is 3.30. The number of rotatable bonds is 4. The van der Waals surface area contributed by atoms with Gasteiger partial charge in [-0.3, -0.25) is 4.79 Å². The van der Waals surface area contributed by atoms with Crippen LogP contribution in [0.1, 0.15) is 10.4 Å². The molecule has 0 radical (unpaired) electrons. The summed E-state index contributed by atoms with van der Waals surface area (Å²) in [4.78, 5) is 11.0. The average Bonchev–Trinajstić information content (AvgIpc) is 2.35. The minimum absolute atomic E-state index is 0.194. The zero-order chi connectivity index (χ0) is 12.3. The van der Waals surface area contributed by atoms with E-state index in [0.717, 1.165) is 5.39 Å². The molecular formula is C13H10F2O2. The van der Waals surface area contributed by atoms with E-state index in [1.807, 2.05) is 12.1 Å². The fourth-order valence-electron chi connectivity index (χ4n) is 1.68. The normalized spacial score (nSPS) is 10.8. The molecule has 4 heteroatoms. The molecule has 17 heavy (non-hydrogen) atoms. The molecule has 0 atom stereocenters. The summed E-state index contributed by atoms with van der Waals surface area (Å²) in [7, 11) is 0. The van der Waals surface area contributed by atoms with Gasteiger partial charge < -0.3 is 4.74 Å². The molecule has 0 amide bonds. The zero-order valence-electron chi connectivity index (χ0n) is 8.90. The van der Waals surface area contributed by atoms with Gasteiger partial charge >= 0.3 is 0 Å². The molecule has 0 aromatic heterocycles. The Hall–Kier alpha value is -1.97. The van der Waals surface area contributed by atoms with Crippen LogP contribution in [0.4, 0.5) is 8.78 Å². The van der Waals surface area contributed by atoms with Crippen molar-refractivity contribution >= 4 is 17.1 Å². The predicted molar refractivity (Wildman–Crippen MR) is 60.8 cm³/mol. The van der Waals surface area contributed by atoms with Crippen LogP contribution in [0.25, 0.3) is 10.8 Å². The molecule has 0 unspecified atom stereocenters. The van der Waals surface area contributed by atoms with Crippen LogP contribution < -0.4 is 4.74 Å². The van der Waals surface area contributed by atoms with Gasteiger partial charge in [0, 0.05) is 0 Å². The fraction of sp³-hybridized carbons (Fsp3) is 0.154. The Morgan fingerprint density at radius 3 is 2.65 bits per heavy atom. The third-order valence-corrected chi connectivity index (χ3v) is 2.41. The monoisotopic (exact) mass is 236 g/mol. The maximum Gasteiger partial charge on any atom is 0.272 e. The molecular weight excluding hydrogens is 226 g/mol. The first-order valence-electron chi connectivity index (χ1n) is 5.10. The van der Waals surface area contributed by atoms with Gasteiger partial charge in [-0.25, -0.2) is 8.78 Å². The number of hydrogen-bond donors (Lipinski definition) is 0. The number of fused-ring (bicyclic) bond motifs is 1. The molecule has 0 N–H and O–H groups in total. The summed E-state index contributed by atoms with van der Waals surface area (Å²) in [5, 5.41) is 1.58. The van der Waals surface area contributed by atoms with Crippen molar-refractivity contribution in [3.8, 4) is 5.75 Å². The summed E-state index contributed by atoms with van der Waals surface area (Å²) < 4.78 is 29.0. The van der Waals surface area contributed by atoms with Gasteiger partial charge in [-0.15, -0.1) is 0 Å². The summed E-state index contributed by atoms with van der Waals surface area (Å²) in [5.74, 6) is 0.194. The fourth-order valence-corrected chi connectivity index (χ4v) is 1.68. The lowest BCUT2D eigenvalue weighted by Crippen LogP contribution is -2.08. The Morgan fingerprint density at radius 2 is 1.94 bits per heavy atom. The van der Waals surface area contributed by atoms with Gasteiger partial charge in [0.2, 0.25) is 0 Å². The highest BCUT2D eigenvalue weighted by Gasteiger charge is 2.10. The van der Waals surface area contributed by atoms with Gasteiger partial charge in [0.1, 0.15) is 12.4 Å². The second-order valence-corrected chi connectivity index (χ2v) is 3.52. The topological polar surface area (TPSA) is 26.3 Å². The largest absolute Gasteiger partial charge is 0.487 e. The highest BCUT2D eigenvalue weighted by atomic mass is 19.3. The number of aldehydes is 1. The quantitative estimate of drug-likeness (QED) is 0.761. The maximum absolute atomic E-state index is 12.1. The summed E-state index contributed by atoms with van der Waals surface area (Å²) in [6.07, 6.45) is -1.93. The number of halogens is 2. The smallest absolute Gasteiger partial charge is 0.272 e. The van der Waals surface area contributed by atoms with Crippen molar-refractivity contribution in [2.45, 2.75) is 6.43 Å². The van der Waals surface area contributed by atoms with E-state index in [1.165, 1.54) is 6.07 Å². The second kappa shape index (κ2) is 4.91. The first-order chi connectivity index (χ1) is 8.22. The molecule has 2 nitrogen and oxygen atoms in total. The molecule has 0 aliphatic rings. The van der Waals surface area contributed by atoms with E-state index in [1.54, 1.807) is 18.2 Å². The van der Waals surface area contributed by atoms with E-state index in [4.69, 9.17) is 4.74 Å². The lowest BCUT2D eigenvalue weighted by molar-refractivity contribution is 0.0810. The van der Waals surface area contributed by atoms with E-state index in [9.17, 15) is 13.6 Å². The van der Waals surface area contributed by atoms with E-state index < -0.39 is 13.0 Å². The highest BCUT2D eigenvalue weighted by Crippen LogP contribution is 2.26. The van der Waals surface area contributed by atoms with Crippen molar-refractivity contribution in [1.29, 1.82) is 0 Å². The molecule has 0 spiro atoms. The molecule has 2 aromatic rings. The van der Waals surface area contributed by atoms with Crippen LogP contribution in [-0.2, 0) is 0 Å². The molecule has 0 saturated carbocycles. The standard InChI is InChI=1S/C13H10F2O2/c14-13(15)8-17-12-6-5-9-3-1-2-4-10(9)11(12)7-16/h1-7,13H,8H2. The maximum atomic E-state index is 12.1. The first-order valence-corrected chi connectivity index (χ1v) is 5.10. The lowest BCUT2D eigenvalue weighted by atomic mass is 10.0. The van der Waals surface area contributed by atoms with Gasteiger partial charge in [0.15, 0.2) is 6.29 Å². The SMILES string of the molecule is O=Cc1c(OCC(F)F)ccc2ccccc12. The number of benzene rings is 2. The molecule has 0 heterocycles. The van der Waals surface area contributed by atoms with Crippen LogP contribution in [-0.4, -0.2) is 19.3 Å². The van der Waals surface area contributed by atoms with Crippen molar-refractivity contribution in [3.05, 3.63) is 42.0 Å². The number of hydrogen-bond acceptors (Lipinski definition) is 2. The number of ether oxygens (including phenoxy) is 1. The van der Waals surface area contributed by atoms with Crippen LogP contribution in [0.2, 0.25) is 0 Å². The van der Waals surface area contributed by atoms with Crippen molar-refractivity contribution < 1.29 is 18.3 Å². The first kappa shape index (κ1) is 11.5. The van der Waals surface area contributed by atoms with Gasteiger partial charge in [0.05, 0.1) is 5.56 Å². The highest BCUT2D eigenvalue weighted by molar-refractivity contribution is 6.00. The van der Waals surface area contributed by atoms with E-state index >= 15 is 0 Å². The van der Waals surface area contributed by atoms with Gasteiger partial charge in [-0.1, -0.05) is 30.3 Å². The van der Waals surface area contributed by atoms with Crippen molar-refractivity contribution in [3.63, 3.8) is 0 Å². The molecule has 0 fully saturated rings. The van der Waals surface area contributed by atoms with E-state index in [2.05, 4.69) is 0 Å². The molecule has 0 aliphatic carbocycles. The zero-order valence-corrected chi connectivity index (χ0v) is 8.90. The molecule has 0 saturated heterocycles. The number of carbonyl (C=O) groups is 1. The molecule has 2 aromatic carbocycles. The van der Waals surface area contributed by atoms with Gasteiger partial charge in [-0.05, 0) is 16.8 Å². The summed E-state index contributed by atoms with van der Waals surface area (Å²) in [6.45, 7) is -0.709. The Labute approximate surface area is 96.8 Å². The summed E-state index contributed by atoms with van der Waals surface area (Å²) in [6, 6.07) is 10.5. The average molecular weight is 236 g/mol. The van der Waals surface area contributed by atoms with Crippen LogP contribution in [0, 0.1) is 0 Å². The van der Waals surface area contributed by atoms with Crippen molar-refractivity contribution in [2.24, 2.45) is 0 Å². The third kappa shape index (κ3) is 2.41. The Kier molecular flexibility index (Phi) is 3.32. The van der Waals surface area contributed by atoms with Gasteiger partial charge in [0.25, 0.3) is 6.43 Å². The second-order valence-electron chi connectivity index (χ2n) is 3.52. The molecule has 0 aliphatic heterocycles. The lowest BCUT2D eigenvalue weighted by Gasteiger charge is -2.10. The van der Waals surface area contributed by atoms with E-state index in [-0.39, 0.29) is 5.75 Å². The summed E-state index contributed by atoms with van der Waals surface area (Å²) >= 11 is 0. The number of alkyl halides is 2. The minimum Gasteiger partial charge on any atom is -0.487 e. The van der Waals surface area contributed by atoms with Crippen molar-refractivity contribution in [1.82, 2.24) is 0 Å². The van der Waals surface area contributed by atoms with Crippen molar-refractivity contribution in [2.75, 3.05) is 6.61 Å². The van der Waals surface area contributed by atoms with Gasteiger partial charge in [-0.2, -0.15) is 0 Å². The van der Waals surface area contributed by atoms with Crippen LogP contribution in [0.3, 0.4) is 0 Å². The molecule has 88 valence electrons. The van der Waals surface area contributed by atoms with Crippen LogP contribution >= 0.6 is 0 Å². The minimum atomic E-state index is -2.55. The van der Waals surface area contributed by atoms with Crippen LogP contribution in [0.5, 0.6) is 5.75 Å². The third-order valence-electron chi connectivity index (χ3n) is 2.41. The van der Waals surface area contributed by atoms with Crippen LogP contribution in [0.15, 0.2) is 36.4 Å². The van der Waals surface area contributed by atoms with E-state index in [0.29, 0.717) is 17.2 Å². The number of carbonyl (C=O) groups excluding carboxylic acids is 1. The summed E-state index contributed by atoms with van der Waals surface area (Å²) in [5.41, 5.74) is 0.309.